The summed E-state index contributed by atoms with van der Waals surface area (Å²) >= 11 is 0. The van der Waals surface area contributed by atoms with E-state index in [0.717, 1.165) is 79.8 Å². The summed E-state index contributed by atoms with van der Waals surface area (Å²) in [4.78, 5) is 10.9. The molecule has 6 aromatic carbocycles. The number of rotatable bonds is 2. The van der Waals surface area contributed by atoms with Crippen LogP contribution in [0.1, 0.15) is 46.6 Å². The van der Waals surface area contributed by atoms with Gasteiger partial charge >= 0.3 is 7.82 Å². The van der Waals surface area contributed by atoms with E-state index in [9.17, 15) is 19.7 Å². The maximum atomic E-state index is 13.3. The molecule has 1 spiro atoms. The smallest absolute Gasteiger partial charge is 0.507 e. The maximum Gasteiger partial charge on any atom is 0.584 e. The van der Waals surface area contributed by atoms with Gasteiger partial charge in [0.1, 0.15) is 23.0 Å². The largest absolute Gasteiger partial charge is 0.584 e. The number of hydrogen-bond acceptors (Lipinski definition) is 5. The lowest BCUT2D eigenvalue weighted by Gasteiger charge is -2.33. The van der Waals surface area contributed by atoms with E-state index in [1.807, 2.05) is 54.6 Å². The lowest BCUT2D eigenvalue weighted by molar-refractivity contribution is 0.280. The first kappa shape index (κ1) is 25.7. The molecule has 0 fully saturated rings. The minimum absolute atomic E-state index is 0.00239. The molecule has 3 N–H and O–H groups in total. The van der Waals surface area contributed by atoms with E-state index in [1.165, 1.54) is 0 Å². The molecule has 0 saturated heterocycles. The fourth-order valence-electron chi connectivity index (χ4n) is 8.16. The monoisotopic (exact) mass is 598 g/mol. The predicted molar refractivity (Wildman–Crippen MR) is 170 cm³/mol. The van der Waals surface area contributed by atoms with Crippen LogP contribution in [0.4, 0.5) is 0 Å². The molecule has 0 bridgehead atoms. The molecule has 1 heterocycles. The molecule has 0 saturated carbocycles. The zero-order chi connectivity index (χ0) is 29.8. The lowest BCUT2D eigenvalue weighted by atomic mass is 9.74. The SMILES string of the molecule is O=P1(O)Oc2cccc3c2C2(CCc4c(-c5ccc6c(O)cccc6c5)ccc(c42)O1)CC3c1ccc2c(O)cccc2c1. The summed E-state index contributed by atoms with van der Waals surface area (Å²) in [5.41, 5.74) is 6.79. The third kappa shape index (κ3) is 3.56. The van der Waals surface area contributed by atoms with Crippen molar-refractivity contribution in [2.75, 3.05) is 0 Å². The van der Waals surface area contributed by atoms with Crippen molar-refractivity contribution < 1.29 is 28.7 Å². The van der Waals surface area contributed by atoms with E-state index in [1.54, 1.807) is 24.3 Å². The number of aromatic hydroxyl groups is 2. The zero-order valence-electron chi connectivity index (χ0n) is 23.5. The molecule has 1 aliphatic heterocycles. The Bertz CT molecular complexity index is 2260. The van der Waals surface area contributed by atoms with Crippen LogP contribution in [-0.2, 0) is 16.4 Å². The van der Waals surface area contributed by atoms with Crippen LogP contribution in [0.2, 0.25) is 0 Å². The number of benzene rings is 6. The Hall–Kier alpha value is -4.77. The van der Waals surface area contributed by atoms with Crippen LogP contribution in [0.3, 0.4) is 0 Å². The van der Waals surface area contributed by atoms with E-state index in [2.05, 4.69) is 24.3 Å². The standard InChI is InChI=1S/C37H27O6P/c38-31-7-1-4-21-18-23(10-12-26(21)31)25-14-15-34-36-29(25)16-17-37(36)20-30(24-11-13-27-22(19-24)5-2-8-32(27)39)28-6-3-9-33(35(28)37)42-44(40,41)43-34/h1-15,18-19,30,38-39H,16-17,20H2,(H,40,41). The third-order valence-corrected chi connectivity index (χ3v) is 10.8. The van der Waals surface area contributed by atoms with Gasteiger partial charge in [0.2, 0.25) is 0 Å². The molecule has 3 aliphatic rings. The highest BCUT2D eigenvalue weighted by molar-refractivity contribution is 7.48. The van der Waals surface area contributed by atoms with E-state index >= 15 is 0 Å². The van der Waals surface area contributed by atoms with Crippen LogP contribution in [0, 0.1) is 0 Å². The second-order valence-corrected chi connectivity index (χ2v) is 13.4. The van der Waals surface area contributed by atoms with Crippen molar-refractivity contribution in [1.82, 2.24) is 0 Å². The zero-order valence-corrected chi connectivity index (χ0v) is 24.4. The number of phosphoric ester groups is 1. The summed E-state index contributed by atoms with van der Waals surface area (Å²) in [6, 6.07) is 32.8. The first-order chi connectivity index (χ1) is 21.3. The summed E-state index contributed by atoms with van der Waals surface area (Å²) in [7, 11) is -4.47. The van der Waals surface area contributed by atoms with Gasteiger partial charge in [0.15, 0.2) is 0 Å². The van der Waals surface area contributed by atoms with Crippen molar-refractivity contribution >= 4 is 29.4 Å². The average molecular weight is 599 g/mol. The Morgan fingerprint density at radius 2 is 1.41 bits per heavy atom. The van der Waals surface area contributed by atoms with Crippen molar-refractivity contribution in [1.29, 1.82) is 0 Å². The molecule has 7 heteroatoms. The summed E-state index contributed by atoms with van der Waals surface area (Å²) < 4.78 is 25.0. The number of phenolic OH excluding ortho intramolecular Hbond substituents is 2. The van der Waals surface area contributed by atoms with Gasteiger partial charge in [0, 0.05) is 33.2 Å². The number of hydrogen-bond donors (Lipinski definition) is 3. The molecule has 0 aromatic heterocycles. The highest BCUT2D eigenvalue weighted by Gasteiger charge is 2.54. The summed E-state index contributed by atoms with van der Waals surface area (Å²) in [5.74, 6) is 1.27. The molecule has 3 unspecified atom stereocenters. The lowest BCUT2D eigenvalue weighted by Crippen LogP contribution is -2.25. The average Bonchev–Trinajstić information content (AvgIpc) is 3.56. The summed E-state index contributed by atoms with van der Waals surface area (Å²) in [5, 5.41) is 24.3. The third-order valence-electron chi connectivity index (χ3n) is 9.90. The first-order valence-corrected chi connectivity index (χ1v) is 16.3. The molecule has 0 radical (unpaired) electrons. The van der Waals surface area contributed by atoms with Gasteiger partial charge in [-0.3, -0.25) is 4.89 Å². The van der Waals surface area contributed by atoms with Crippen molar-refractivity contribution in [2.24, 2.45) is 0 Å². The van der Waals surface area contributed by atoms with Crippen LogP contribution < -0.4 is 9.05 Å². The maximum absolute atomic E-state index is 13.3. The minimum atomic E-state index is -4.47. The summed E-state index contributed by atoms with van der Waals surface area (Å²) in [6.45, 7) is 0. The molecule has 9 rings (SSSR count). The first-order valence-electron chi connectivity index (χ1n) is 14.8. The van der Waals surface area contributed by atoms with Gasteiger partial charge in [-0.15, -0.1) is 0 Å². The molecule has 0 amide bonds. The van der Waals surface area contributed by atoms with Crippen LogP contribution in [0.5, 0.6) is 23.0 Å². The molecule has 6 nitrogen and oxygen atoms in total. The molecule has 6 aromatic rings. The van der Waals surface area contributed by atoms with Gasteiger partial charge in [0.25, 0.3) is 0 Å². The van der Waals surface area contributed by atoms with E-state index in [-0.39, 0.29) is 17.4 Å². The molecule has 2 aliphatic carbocycles. The van der Waals surface area contributed by atoms with Crippen molar-refractivity contribution in [3.8, 4) is 34.1 Å². The highest BCUT2D eigenvalue weighted by atomic mass is 31.2. The van der Waals surface area contributed by atoms with Crippen molar-refractivity contribution in [2.45, 2.75) is 30.6 Å². The Balaban J connectivity index is 1.28. The molecule has 3 atom stereocenters. The van der Waals surface area contributed by atoms with Gasteiger partial charge in [-0.2, -0.15) is 0 Å². The number of phenols is 2. The fourth-order valence-corrected chi connectivity index (χ4v) is 9.00. The van der Waals surface area contributed by atoms with Gasteiger partial charge in [-0.25, -0.2) is 4.57 Å². The Morgan fingerprint density at radius 1 is 0.727 bits per heavy atom. The number of fused-ring (bicyclic) bond motifs is 2. The minimum Gasteiger partial charge on any atom is -0.507 e. The number of phosphoric acid groups is 1. The second kappa shape index (κ2) is 8.88. The second-order valence-electron chi connectivity index (χ2n) is 12.1. The van der Waals surface area contributed by atoms with Gasteiger partial charge < -0.3 is 19.3 Å². The predicted octanol–water partition coefficient (Wildman–Crippen LogP) is 8.71. The van der Waals surface area contributed by atoms with Gasteiger partial charge in [-0.1, -0.05) is 72.8 Å². The fraction of sp³-hybridized carbons (Fsp3) is 0.135. The Labute approximate surface area is 253 Å². The van der Waals surface area contributed by atoms with Crippen molar-refractivity contribution in [3.63, 3.8) is 0 Å². The molecule has 216 valence electrons. The van der Waals surface area contributed by atoms with E-state index < -0.39 is 13.2 Å². The Kier molecular flexibility index (Phi) is 5.19. The molecular weight excluding hydrogens is 571 g/mol. The molecule has 44 heavy (non-hydrogen) atoms. The summed E-state index contributed by atoms with van der Waals surface area (Å²) in [6.07, 6.45) is 2.32. The van der Waals surface area contributed by atoms with E-state index in [0.29, 0.717) is 11.5 Å². The van der Waals surface area contributed by atoms with Crippen LogP contribution in [0.25, 0.3) is 32.7 Å². The van der Waals surface area contributed by atoms with Gasteiger partial charge in [-0.05, 0) is 88.2 Å². The van der Waals surface area contributed by atoms with E-state index in [4.69, 9.17) is 9.05 Å². The topological polar surface area (TPSA) is 96.2 Å². The van der Waals surface area contributed by atoms with Crippen LogP contribution in [-0.4, -0.2) is 15.1 Å². The van der Waals surface area contributed by atoms with Crippen LogP contribution in [0.15, 0.2) is 103 Å². The van der Waals surface area contributed by atoms with Crippen LogP contribution >= 0.6 is 7.82 Å². The highest BCUT2D eigenvalue weighted by Crippen LogP contribution is 2.66. The van der Waals surface area contributed by atoms with Gasteiger partial charge in [0.05, 0.1) is 0 Å². The Morgan fingerprint density at radius 3 is 2.18 bits per heavy atom. The quantitative estimate of drug-likeness (QED) is 0.173. The molecular formula is C37H27O6P. The van der Waals surface area contributed by atoms with Crippen molar-refractivity contribution in [3.05, 3.63) is 131 Å². The normalized spacial score (nSPS) is 23.0.